The summed E-state index contributed by atoms with van der Waals surface area (Å²) in [4.78, 5) is 10.5. The molecule has 3 nitrogen and oxygen atoms in total. The number of para-hydroxylation sites is 1. The topological polar surface area (TPSA) is 30.7 Å². The Morgan fingerprint density at radius 1 is 0.444 bits per heavy atom. The van der Waals surface area contributed by atoms with Gasteiger partial charge in [-0.25, -0.2) is 9.97 Å². The van der Waals surface area contributed by atoms with Gasteiger partial charge in [0.2, 0.25) is 0 Å². The minimum absolute atomic E-state index is 0.722. The molecule has 10 rings (SSSR count). The summed E-state index contributed by atoms with van der Waals surface area (Å²) in [7, 11) is 0. The molecule has 0 aliphatic heterocycles. The Labute approximate surface area is 266 Å². The van der Waals surface area contributed by atoms with E-state index >= 15 is 0 Å². The summed E-state index contributed by atoms with van der Waals surface area (Å²) < 4.78 is 7.49. The predicted octanol–water partition coefficient (Wildman–Crippen LogP) is 11.6. The molecular formula is C40H23N3S2. The van der Waals surface area contributed by atoms with Crippen molar-refractivity contribution in [3.63, 3.8) is 0 Å². The second kappa shape index (κ2) is 9.57. The molecule has 0 bridgehead atoms. The van der Waals surface area contributed by atoms with Crippen LogP contribution in [0.4, 0.5) is 0 Å². The zero-order valence-electron chi connectivity index (χ0n) is 23.9. The van der Waals surface area contributed by atoms with Crippen LogP contribution in [-0.2, 0) is 0 Å². The van der Waals surface area contributed by atoms with Gasteiger partial charge in [0, 0.05) is 68.3 Å². The number of aromatic nitrogens is 3. The van der Waals surface area contributed by atoms with Crippen LogP contribution < -0.4 is 0 Å². The van der Waals surface area contributed by atoms with Crippen LogP contribution in [0.5, 0.6) is 0 Å². The van der Waals surface area contributed by atoms with E-state index in [1.165, 1.54) is 51.1 Å². The van der Waals surface area contributed by atoms with E-state index in [-0.39, 0.29) is 0 Å². The molecule has 210 valence electrons. The van der Waals surface area contributed by atoms with Crippen LogP contribution in [-0.4, -0.2) is 14.5 Å². The number of hydrogen-bond acceptors (Lipinski definition) is 4. The molecular weight excluding hydrogens is 587 g/mol. The molecule has 4 heterocycles. The molecule has 4 aromatic heterocycles. The highest BCUT2D eigenvalue weighted by Crippen LogP contribution is 2.43. The number of thiophene rings is 2. The molecule has 6 aromatic carbocycles. The summed E-state index contributed by atoms with van der Waals surface area (Å²) in [6.07, 6.45) is 0. The Hall–Kier alpha value is -5.36. The molecule has 0 unspecified atom stereocenters. The summed E-state index contributed by atoms with van der Waals surface area (Å²) in [5.74, 6) is 1.58. The van der Waals surface area contributed by atoms with Crippen LogP contribution in [0.2, 0.25) is 0 Å². The van der Waals surface area contributed by atoms with Gasteiger partial charge >= 0.3 is 0 Å². The highest BCUT2D eigenvalue weighted by molar-refractivity contribution is 7.27. The van der Waals surface area contributed by atoms with E-state index < -0.39 is 0 Å². The van der Waals surface area contributed by atoms with Crippen LogP contribution in [0.3, 0.4) is 0 Å². The summed E-state index contributed by atoms with van der Waals surface area (Å²) in [5.41, 5.74) is 5.28. The SMILES string of the molecule is c1ccc(-c2cc(-n3c4ccccc4c4c5sc6ccccc6c5ccc43)nc(-c3ccc4c(c3)sc3ccccc34)n2)cc1. The lowest BCUT2D eigenvalue weighted by molar-refractivity contribution is 1.05. The Kier molecular flexibility index (Phi) is 5.32. The van der Waals surface area contributed by atoms with E-state index in [9.17, 15) is 0 Å². The van der Waals surface area contributed by atoms with Crippen molar-refractivity contribution < 1.29 is 0 Å². The lowest BCUT2D eigenvalue weighted by Crippen LogP contribution is -2.02. The molecule has 0 saturated carbocycles. The van der Waals surface area contributed by atoms with Gasteiger partial charge in [0.05, 0.1) is 16.7 Å². The molecule has 0 fully saturated rings. The third-order valence-corrected chi connectivity index (χ3v) is 11.2. The maximum absolute atomic E-state index is 5.32. The van der Waals surface area contributed by atoms with E-state index in [1.807, 2.05) is 28.7 Å². The Balaban J connectivity index is 1.27. The van der Waals surface area contributed by atoms with Crippen molar-refractivity contribution >= 4 is 84.8 Å². The predicted molar refractivity (Wildman–Crippen MR) is 193 cm³/mol. The normalized spacial score (nSPS) is 12.0. The summed E-state index contributed by atoms with van der Waals surface area (Å²) in [5, 5.41) is 7.68. The van der Waals surface area contributed by atoms with Crippen LogP contribution in [0.15, 0.2) is 140 Å². The molecule has 0 spiro atoms. The van der Waals surface area contributed by atoms with E-state index in [4.69, 9.17) is 9.97 Å². The van der Waals surface area contributed by atoms with E-state index in [0.29, 0.717) is 0 Å². The molecule has 0 amide bonds. The van der Waals surface area contributed by atoms with Gasteiger partial charge in [-0.3, -0.25) is 4.57 Å². The fourth-order valence-corrected chi connectivity index (χ4v) is 9.19. The number of rotatable bonds is 3. The second-order valence-electron chi connectivity index (χ2n) is 11.4. The van der Waals surface area contributed by atoms with E-state index in [2.05, 4.69) is 138 Å². The first-order valence-electron chi connectivity index (χ1n) is 15.0. The minimum atomic E-state index is 0.722. The van der Waals surface area contributed by atoms with Gasteiger partial charge in [0.15, 0.2) is 5.82 Å². The van der Waals surface area contributed by atoms with Crippen molar-refractivity contribution in [1.29, 1.82) is 0 Å². The van der Waals surface area contributed by atoms with Gasteiger partial charge in [0.1, 0.15) is 5.82 Å². The molecule has 0 radical (unpaired) electrons. The van der Waals surface area contributed by atoms with Crippen LogP contribution >= 0.6 is 22.7 Å². The lowest BCUT2D eigenvalue weighted by atomic mass is 10.1. The Morgan fingerprint density at radius 2 is 1.11 bits per heavy atom. The number of fused-ring (bicyclic) bond motifs is 10. The van der Waals surface area contributed by atoms with Gasteiger partial charge in [-0.05, 0) is 30.3 Å². The summed E-state index contributed by atoms with van der Waals surface area (Å²) in [6.45, 7) is 0. The Bertz CT molecular complexity index is 2770. The lowest BCUT2D eigenvalue weighted by Gasteiger charge is -2.12. The van der Waals surface area contributed by atoms with Crippen molar-refractivity contribution in [3.8, 4) is 28.5 Å². The molecule has 45 heavy (non-hydrogen) atoms. The summed E-state index contributed by atoms with van der Waals surface area (Å²) >= 11 is 3.69. The minimum Gasteiger partial charge on any atom is -0.294 e. The molecule has 0 atom stereocenters. The number of nitrogens with zero attached hydrogens (tertiary/aromatic N) is 3. The van der Waals surface area contributed by atoms with Crippen molar-refractivity contribution in [2.75, 3.05) is 0 Å². The smallest absolute Gasteiger partial charge is 0.162 e. The van der Waals surface area contributed by atoms with Crippen LogP contribution in [0.1, 0.15) is 0 Å². The third-order valence-electron chi connectivity index (χ3n) is 8.83. The highest BCUT2D eigenvalue weighted by atomic mass is 32.1. The van der Waals surface area contributed by atoms with E-state index in [1.54, 1.807) is 0 Å². The van der Waals surface area contributed by atoms with Gasteiger partial charge in [-0.2, -0.15) is 0 Å². The Morgan fingerprint density at radius 3 is 1.96 bits per heavy atom. The third kappa shape index (κ3) is 3.75. The van der Waals surface area contributed by atoms with Gasteiger partial charge in [-0.15, -0.1) is 22.7 Å². The number of hydrogen-bond donors (Lipinski definition) is 0. The molecule has 0 saturated heterocycles. The van der Waals surface area contributed by atoms with Gasteiger partial charge in [-0.1, -0.05) is 103 Å². The van der Waals surface area contributed by atoms with Crippen molar-refractivity contribution in [1.82, 2.24) is 14.5 Å². The zero-order chi connectivity index (χ0) is 29.5. The van der Waals surface area contributed by atoms with Crippen molar-refractivity contribution in [3.05, 3.63) is 140 Å². The van der Waals surface area contributed by atoms with Crippen LogP contribution in [0.25, 0.3) is 90.6 Å². The molecule has 0 N–H and O–H groups in total. The van der Waals surface area contributed by atoms with Crippen molar-refractivity contribution in [2.45, 2.75) is 0 Å². The van der Waals surface area contributed by atoms with Crippen molar-refractivity contribution in [2.24, 2.45) is 0 Å². The largest absolute Gasteiger partial charge is 0.294 e. The van der Waals surface area contributed by atoms with Crippen LogP contribution in [0, 0.1) is 0 Å². The van der Waals surface area contributed by atoms with Gasteiger partial charge < -0.3 is 0 Å². The maximum Gasteiger partial charge on any atom is 0.162 e. The number of benzene rings is 6. The standard InChI is InChI=1S/C40H23N3S2/c1-2-10-24(11-3-1)31-23-37(42-40(41-31)25-18-19-28-26-12-5-8-16-34(26)44-36(28)22-25)43-32-15-7-4-14-30(32)38-33(43)21-20-29-27-13-6-9-17-35(27)45-39(29)38/h1-23H. The summed E-state index contributed by atoms with van der Waals surface area (Å²) in [6, 6.07) is 49.8. The van der Waals surface area contributed by atoms with Gasteiger partial charge in [0.25, 0.3) is 0 Å². The molecule has 10 aromatic rings. The quantitative estimate of drug-likeness (QED) is 0.199. The first-order valence-corrected chi connectivity index (χ1v) is 16.6. The first-order chi connectivity index (χ1) is 22.3. The fourth-order valence-electron chi connectivity index (χ4n) is 6.78. The first kappa shape index (κ1) is 25.0. The molecule has 0 aliphatic rings. The van der Waals surface area contributed by atoms with E-state index in [0.717, 1.165) is 39.5 Å². The highest BCUT2D eigenvalue weighted by Gasteiger charge is 2.20. The zero-order valence-corrected chi connectivity index (χ0v) is 25.6. The average molecular weight is 610 g/mol. The molecule has 0 aliphatic carbocycles. The fraction of sp³-hybridized carbons (Fsp3) is 0. The second-order valence-corrected chi connectivity index (χ2v) is 13.5. The maximum atomic E-state index is 5.32. The monoisotopic (exact) mass is 609 g/mol. The molecule has 5 heteroatoms. The average Bonchev–Trinajstić information content (AvgIpc) is 3.77.